The molecule has 1 N–H and O–H groups in total. The van der Waals surface area contributed by atoms with E-state index in [1.54, 1.807) is 11.0 Å². The fourth-order valence-corrected chi connectivity index (χ4v) is 2.68. The second-order valence-corrected chi connectivity index (χ2v) is 5.97. The van der Waals surface area contributed by atoms with Gasteiger partial charge in [-0.15, -0.1) is 11.6 Å². The van der Waals surface area contributed by atoms with Gasteiger partial charge in [-0.05, 0) is 31.5 Å². The normalized spacial score (nSPS) is 21.8. The van der Waals surface area contributed by atoms with Gasteiger partial charge in [-0.25, -0.2) is 0 Å². The highest BCUT2D eigenvalue weighted by Gasteiger charge is 2.35. The predicted octanol–water partition coefficient (Wildman–Crippen LogP) is 2.04. The van der Waals surface area contributed by atoms with E-state index in [2.05, 4.69) is 0 Å². The van der Waals surface area contributed by atoms with E-state index < -0.39 is 5.60 Å². The third-order valence-corrected chi connectivity index (χ3v) is 3.61. The van der Waals surface area contributed by atoms with Crippen molar-refractivity contribution in [3.63, 3.8) is 0 Å². The van der Waals surface area contributed by atoms with Crippen LogP contribution in [0.5, 0.6) is 0 Å². The number of rotatable bonds is 3. The molecule has 1 unspecified atom stereocenters. The molecule has 1 aromatic carbocycles. The number of carbonyl (C=O) groups is 1. The van der Waals surface area contributed by atoms with Crippen LogP contribution in [0.4, 0.5) is 0 Å². The summed E-state index contributed by atoms with van der Waals surface area (Å²) in [4.78, 5) is 14.3. The first-order valence-corrected chi connectivity index (χ1v) is 7.21. The molecule has 0 bridgehead atoms. The minimum atomic E-state index is -0.453. The zero-order valence-corrected chi connectivity index (χ0v) is 12.6. The highest BCUT2D eigenvalue weighted by Crippen LogP contribution is 2.22. The molecule has 0 saturated carbocycles. The third kappa shape index (κ3) is 3.51. The quantitative estimate of drug-likeness (QED) is 0.869. The van der Waals surface area contributed by atoms with Gasteiger partial charge in [0.05, 0.1) is 18.3 Å². The van der Waals surface area contributed by atoms with Gasteiger partial charge in [-0.3, -0.25) is 4.79 Å². The summed E-state index contributed by atoms with van der Waals surface area (Å²) >= 11 is 5.80. The van der Waals surface area contributed by atoms with Gasteiger partial charge in [0, 0.05) is 24.5 Å². The molecule has 2 rings (SSSR count). The van der Waals surface area contributed by atoms with E-state index in [-0.39, 0.29) is 18.6 Å². The van der Waals surface area contributed by atoms with E-state index >= 15 is 0 Å². The average Bonchev–Trinajstić information content (AvgIpc) is 2.44. The van der Waals surface area contributed by atoms with Crippen LogP contribution in [0.1, 0.15) is 29.8 Å². The molecule has 1 amide bonds. The molecule has 0 aliphatic carbocycles. The van der Waals surface area contributed by atoms with Gasteiger partial charge in [0.25, 0.3) is 5.91 Å². The van der Waals surface area contributed by atoms with Crippen molar-refractivity contribution in [2.45, 2.75) is 31.4 Å². The van der Waals surface area contributed by atoms with E-state index in [1.807, 2.05) is 32.0 Å². The maximum Gasteiger partial charge on any atom is 0.254 e. The minimum Gasteiger partial charge on any atom is -0.394 e. The second kappa shape index (κ2) is 6.12. The maximum absolute atomic E-state index is 12.6. The lowest BCUT2D eigenvalue weighted by Gasteiger charge is -2.42. The van der Waals surface area contributed by atoms with Crippen molar-refractivity contribution in [3.05, 3.63) is 35.4 Å². The average molecular weight is 298 g/mol. The zero-order valence-electron chi connectivity index (χ0n) is 11.8. The summed E-state index contributed by atoms with van der Waals surface area (Å²) < 4.78 is 5.72. The number of carbonyl (C=O) groups excluding carboxylic acids is 1. The van der Waals surface area contributed by atoms with Crippen LogP contribution in [0.15, 0.2) is 24.3 Å². The number of halogens is 1. The Morgan fingerprint density at radius 1 is 1.55 bits per heavy atom. The fraction of sp³-hybridized carbons (Fsp3) is 0.533. The van der Waals surface area contributed by atoms with Crippen LogP contribution in [-0.4, -0.2) is 47.3 Å². The Kier molecular flexibility index (Phi) is 4.68. The molecule has 0 radical (unpaired) electrons. The van der Waals surface area contributed by atoms with Crippen LogP contribution in [0.2, 0.25) is 0 Å². The summed E-state index contributed by atoms with van der Waals surface area (Å²) in [6, 6.07) is 7.32. The molecule has 1 heterocycles. The number of aliphatic hydroxyl groups excluding tert-OH is 1. The Labute approximate surface area is 124 Å². The number of amides is 1. The minimum absolute atomic E-state index is 0.0493. The van der Waals surface area contributed by atoms with E-state index in [0.29, 0.717) is 24.5 Å². The van der Waals surface area contributed by atoms with Gasteiger partial charge in [-0.2, -0.15) is 0 Å². The molecule has 1 fully saturated rings. The van der Waals surface area contributed by atoms with Gasteiger partial charge >= 0.3 is 0 Å². The second-order valence-electron chi connectivity index (χ2n) is 5.70. The highest BCUT2D eigenvalue weighted by atomic mass is 35.5. The Balaban J connectivity index is 2.18. The number of alkyl halides is 1. The van der Waals surface area contributed by atoms with E-state index in [9.17, 15) is 9.90 Å². The molecule has 1 aliphatic heterocycles. The van der Waals surface area contributed by atoms with Crippen LogP contribution in [0.25, 0.3) is 0 Å². The molecule has 5 heteroatoms. The molecule has 1 atom stereocenters. The van der Waals surface area contributed by atoms with Crippen molar-refractivity contribution in [1.29, 1.82) is 0 Å². The molecule has 1 aromatic rings. The predicted molar refractivity (Wildman–Crippen MR) is 77.9 cm³/mol. The van der Waals surface area contributed by atoms with Crippen LogP contribution in [0.3, 0.4) is 0 Å². The van der Waals surface area contributed by atoms with Gasteiger partial charge in [0.1, 0.15) is 0 Å². The van der Waals surface area contributed by atoms with E-state index in [1.165, 1.54) is 0 Å². The van der Waals surface area contributed by atoms with Crippen molar-refractivity contribution >= 4 is 17.5 Å². The standard InChI is InChI=1S/C15H20ClNO3/c1-15(2)10-17(8-13(9-18)20-15)14(19)12-5-3-4-11(6-12)7-16/h3-6,13,18H,7-10H2,1-2H3. The number of hydrogen-bond acceptors (Lipinski definition) is 3. The summed E-state index contributed by atoms with van der Waals surface area (Å²) in [6.45, 7) is 4.67. The number of ether oxygens (including phenoxy) is 1. The Bertz CT molecular complexity index is 490. The smallest absolute Gasteiger partial charge is 0.254 e. The van der Waals surface area contributed by atoms with Gasteiger partial charge < -0.3 is 14.7 Å². The number of morpholine rings is 1. The summed E-state index contributed by atoms with van der Waals surface area (Å²) in [5.41, 5.74) is 1.09. The van der Waals surface area contributed by atoms with Crippen molar-refractivity contribution in [1.82, 2.24) is 4.90 Å². The Hall–Kier alpha value is -1.10. The molecule has 0 spiro atoms. The van der Waals surface area contributed by atoms with Crippen LogP contribution in [-0.2, 0) is 10.6 Å². The lowest BCUT2D eigenvalue weighted by Crippen LogP contribution is -2.55. The molecule has 20 heavy (non-hydrogen) atoms. The largest absolute Gasteiger partial charge is 0.394 e. The Morgan fingerprint density at radius 3 is 2.95 bits per heavy atom. The fourth-order valence-electron chi connectivity index (χ4n) is 2.52. The lowest BCUT2D eigenvalue weighted by atomic mass is 10.0. The van der Waals surface area contributed by atoms with Crippen LogP contribution < -0.4 is 0 Å². The molecular weight excluding hydrogens is 278 g/mol. The molecule has 0 aromatic heterocycles. The lowest BCUT2D eigenvalue weighted by molar-refractivity contribution is -0.139. The maximum atomic E-state index is 12.6. The zero-order chi connectivity index (χ0) is 14.8. The number of nitrogens with zero attached hydrogens (tertiary/aromatic N) is 1. The van der Waals surface area contributed by atoms with Crippen molar-refractivity contribution in [2.24, 2.45) is 0 Å². The first-order chi connectivity index (χ1) is 9.45. The van der Waals surface area contributed by atoms with Crippen LogP contribution >= 0.6 is 11.6 Å². The summed E-state index contributed by atoms with van der Waals surface area (Å²) in [6.07, 6.45) is -0.334. The molecule has 1 saturated heterocycles. The topological polar surface area (TPSA) is 49.8 Å². The summed E-state index contributed by atoms with van der Waals surface area (Å²) in [5.74, 6) is 0.335. The molecule has 110 valence electrons. The first kappa shape index (κ1) is 15.3. The molecule has 4 nitrogen and oxygen atoms in total. The molecule has 1 aliphatic rings. The van der Waals surface area contributed by atoms with E-state index in [0.717, 1.165) is 5.56 Å². The van der Waals surface area contributed by atoms with Gasteiger partial charge in [0.2, 0.25) is 0 Å². The number of hydrogen-bond donors (Lipinski definition) is 1. The van der Waals surface area contributed by atoms with E-state index in [4.69, 9.17) is 16.3 Å². The van der Waals surface area contributed by atoms with Crippen molar-refractivity contribution in [2.75, 3.05) is 19.7 Å². The van der Waals surface area contributed by atoms with Crippen molar-refractivity contribution < 1.29 is 14.6 Å². The monoisotopic (exact) mass is 297 g/mol. The first-order valence-electron chi connectivity index (χ1n) is 6.68. The van der Waals surface area contributed by atoms with Gasteiger partial charge in [0.15, 0.2) is 0 Å². The summed E-state index contributed by atoms with van der Waals surface area (Å²) in [7, 11) is 0. The SMILES string of the molecule is CC1(C)CN(C(=O)c2cccc(CCl)c2)CC(CO)O1. The number of benzene rings is 1. The summed E-state index contributed by atoms with van der Waals surface area (Å²) in [5, 5.41) is 9.30. The van der Waals surface area contributed by atoms with Crippen LogP contribution in [0, 0.1) is 0 Å². The Morgan fingerprint density at radius 2 is 2.30 bits per heavy atom. The van der Waals surface area contributed by atoms with Gasteiger partial charge in [-0.1, -0.05) is 12.1 Å². The highest BCUT2D eigenvalue weighted by molar-refractivity contribution is 6.17. The molecular formula is C15H20ClNO3. The third-order valence-electron chi connectivity index (χ3n) is 3.30. The van der Waals surface area contributed by atoms with Crippen molar-refractivity contribution in [3.8, 4) is 0 Å². The number of aliphatic hydroxyl groups is 1.